The highest BCUT2D eigenvalue weighted by atomic mass is 16.5. The molecule has 0 amide bonds. The van der Waals surface area contributed by atoms with Gasteiger partial charge in [0.05, 0.1) is 5.92 Å². The average molecular weight is 395 g/mol. The van der Waals surface area contributed by atoms with Crippen LogP contribution < -0.4 is 0 Å². The van der Waals surface area contributed by atoms with Gasteiger partial charge in [-0.05, 0) is 50.5 Å². The van der Waals surface area contributed by atoms with Crippen molar-refractivity contribution in [3.63, 3.8) is 0 Å². The van der Waals surface area contributed by atoms with E-state index in [1.54, 1.807) is 20.8 Å². The number of carbonyl (C=O) groups is 3. The quantitative estimate of drug-likeness (QED) is 0.253. The summed E-state index contributed by atoms with van der Waals surface area (Å²) in [5.41, 5.74) is 0.300. The van der Waals surface area contributed by atoms with Crippen LogP contribution in [0.4, 0.5) is 0 Å². The monoisotopic (exact) mass is 394 g/mol. The summed E-state index contributed by atoms with van der Waals surface area (Å²) < 4.78 is 5.62. The molecule has 0 aliphatic carbocycles. The molecule has 0 saturated heterocycles. The van der Waals surface area contributed by atoms with Crippen molar-refractivity contribution >= 4 is 17.5 Å². The van der Waals surface area contributed by atoms with Gasteiger partial charge in [-0.15, -0.1) is 0 Å². The predicted molar refractivity (Wildman–Crippen MR) is 115 cm³/mol. The lowest BCUT2D eigenvalue weighted by Crippen LogP contribution is -2.37. The summed E-state index contributed by atoms with van der Waals surface area (Å²) in [6, 6.07) is 0. The normalized spacial score (nSPS) is 17.4. The van der Waals surface area contributed by atoms with Crippen LogP contribution in [-0.2, 0) is 19.1 Å². The summed E-state index contributed by atoms with van der Waals surface area (Å²) in [7, 11) is 0. The van der Waals surface area contributed by atoms with Crippen LogP contribution in [-0.4, -0.2) is 23.6 Å². The molecule has 0 saturated carbocycles. The molecular weight excluding hydrogens is 352 g/mol. The average Bonchev–Trinajstić information content (AvgIpc) is 2.62. The fourth-order valence-electron chi connectivity index (χ4n) is 3.23. The first kappa shape index (κ1) is 26.6. The molecule has 4 nitrogen and oxygen atoms in total. The molecule has 4 atom stereocenters. The minimum Gasteiger partial charge on any atom is -0.458 e. The number of ether oxygens (including phenoxy) is 1. The van der Waals surface area contributed by atoms with E-state index in [0.29, 0.717) is 17.1 Å². The van der Waals surface area contributed by atoms with Crippen molar-refractivity contribution < 1.29 is 19.1 Å². The van der Waals surface area contributed by atoms with Crippen molar-refractivity contribution in [1.29, 1.82) is 0 Å². The Morgan fingerprint density at radius 1 is 0.929 bits per heavy atom. The summed E-state index contributed by atoms with van der Waals surface area (Å²) >= 11 is 0. The molecule has 4 heteroatoms. The van der Waals surface area contributed by atoms with Crippen molar-refractivity contribution in [3.8, 4) is 0 Å². The van der Waals surface area contributed by atoms with Crippen molar-refractivity contribution in [1.82, 2.24) is 0 Å². The molecule has 0 aromatic carbocycles. The highest BCUT2D eigenvalue weighted by Gasteiger charge is 2.38. The number of ketones is 2. The van der Waals surface area contributed by atoms with Gasteiger partial charge in [0.1, 0.15) is 6.10 Å². The first-order chi connectivity index (χ1) is 12.7. The van der Waals surface area contributed by atoms with E-state index in [1.165, 1.54) is 0 Å². The van der Waals surface area contributed by atoms with Crippen molar-refractivity contribution in [2.24, 2.45) is 29.1 Å². The molecule has 0 spiro atoms. The minimum atomic E-state index is -0.714. The molecule has 28 heavy (non-hydrogen) atoms. The maximum atomic E-state index is 12.8. The molecule has 0 bridgehead atoms. The smallest absolute Gasteiger partial charge is 0.309 e. The Hall–Kier alpha value is -1.45. The van der Waals surface area contributed by atoms with Gasteiger partial charge in [-0.25, -0.2) is 0 Å². The van der Waals surface area contributed by atoms with Gasteiger partial charge < -0.3 is 4.74 Å². The Morgan fingerprint density at radius 3 is 1.86 bits per heavy atom. The zero-order valence-electron chi connectivity index (χ0n) is 19.9. The molecule has 0 fully saturated rings. The largest absolute Gasteiger partial charge is 0.458 e. The van der Waals surface area contributed by atoms with Gasteiger partial charge in [0.2, 0.25) is 11.6 Å². The number of hydrogen-bond acceptors (Lipinski definition) is 4. The van der Waals surface area contributed by atoms with Crippen LogP contribution in [0.1, 0.15) is 89.0 Å². The van der Waals surface area contributed by atoms with E-state index in [-0.39, 0.29) is 29.5 Å². The van der Waals surface area contributed by atoms with Crippen LogP contribution in [0.5, 0.6) is 0 Å². The van der Waals surface area contributed by atoms with E-state index in [2.05, 4.69) is 20.8 Å². The molecule has 0 heterocycles. The lowest BCUT2D eigenvalue weighted by atomic mass is 9.73. The first-order valence-electron chi connectivity index (χ1n) is 10.6. The highest BCUT2D eigenvalue weighted by molar-refractivity contribution is 6.45. The number of esters is 1. The Bertz CT molecular complexity index is 598. The molecule has 0 aliphatic heterocycles. The summed E-state index contributed by atoms with van der Waals surface area (Å²) in [6.45, 7) is 21.0. The lowest BCUT2D eigenvalue weighted by molar-refractivity contribution is -0.153. The third-order valence-electron chi connectivity index (χ3n) is 6.54. The molecule has 1 unspecified atom stereocenters. The third-order valence-corrected chi connectivity index (χ3v) is 6.54. The Balaban J connectivity index is 5.28. The van der Waals surface area contributed by atoms with E-state index >= 15 is 0 Å². The summed E-state index contributed by atoms with van der Waals surface area (Å²) in [4.78, 5) is 38.0. The van der Waals surface area contributed by atoms with Crippen LogP contribution in [0, 0.1) is 29.1 Å². The zero-order chi connectivity index (χ0) is 22.4. The Labute approximate surface area is 172 Å². The molecule has 0 rings (SSSR count). The van der Waals surface area contributed by atoms with Gasteiger partial charge in [-0.3, -0.25) is 14.4 Å². The minimum absolute atomic E-state index is 0.107. The number of rotatable bonds is 11. The number of carbonyl (C=O) groups excluding carboxylic acids is 3. The lowest BCUT2D eigenvalue weighted by Gasteiger charge is -2.29. The fraction of sp³-hybridized carbons (Fsp3) is 0.792. The molecular formula is C24H42O4. The standard InChI is InChI=1S/C24H42O4/c1-12-16(5)24(10,11)22(26)21(25)19(8)18(7)20(9)28-23(27)17(6)15(4)13-14(2)3/h14-17,20H,12-13H2,1-11H3/b19-18+/t15-,16-,17?,20-/m0/s1. The third kappa shape index (κ3) is 6.86. The molecule has 0 aromatic heterocycles. The number of allylic oxidation sites excluding steroid dienone is 1. The first-order valence-corrected chi connectivity index (χ1v) is 10.6. The zero-order valence-corrected chi connectivity index (χ0v) is 19.9. The van der Waals surface area contributed by atoms with Gasteiger partial charge in [0, 0.05) is 11.0 Å². The van der Waals surface area contributed by atoms with Crippen LogP contribution >= 0.6 is 0 Å². The van der Waals surface area contributed by atoms with Crippen molar-refractivity contribution in [3.05, 3.63) is 11.1 Å². The topological polar surface area (TPSA) is 60.4 Å². The number of hydrogen-bond donors (Lipinski definition) is 0. The summed E-state index contributed by atoms with van der Waals surface area (Å²) in [5.74, 6) is -0.474. The molecule has 0 aromatic rings. The SMILES string of the molecule is CC[C@H](C)C(C)(C)C(=O)C(=O)/C(C)=C(\C)[C@H](C)OC(=O)C(C)[C@@H](C)CC(C)C. The maximum Gasteiger partial charge on any atom is 0.309 e. The van der Waals surface area contributed by atoms with E-state index in [9.17, 15) is 14.4 Å². The Kier molecular flexibility index (Phi) is 10.4. The van der Waals surface area contributed by atoms with Crippen LogP contribution in [0.2, 0.25) is 0 Å². The van der Waals surface area contributed by atoms with Crippen molar-refractivity contribution in [2.75, 3.05) is 0 Å². The molecule has 0 aliphatic rings. The number of Topliss-reactive ketones (excluding diaryl/α,β-unsaturated/α-hetero) is 2. The van der Waals surface area contributed by atoms with Crippen molar-refractivity contribution in [2.45, 2.75) is 95.1 Å². The van der Waals surface area contributed by atoms with E-state index in [1.807, 2.05) is 34.6 Å². The van der Waals surface area contributed by atoms with E-state index < -0.39 is 17.3 Å². The van der Waals surface area contributed by atoms with Gasteiger partial charge >= 0.3 is 5.97 Å². The maximum absolute atomic E-state index is 12.8. The van der Waals surface area contributed by atoms with Gasteiger partial charge in [0.25, 0.3) is 0 Å². The van der Waals surface area contributed by atoms with Crippen LogP contribution in [0.3, 0.4) is 0 Å². The second-order valence-electron chi connectivity index (χ2n) is 9.47. The summed E-state index contributed by atoms with van der Waals surface area (Å²) in [5, 5.41) is 0. The van der Waals surface area contributed by atoms with Gasteiger partial charge in [0.15, 0.2) is 0 Å². The van der Waals surface area contributed by atoms with E-state index in [4.69, 9.17) is 4.74 Å². The molecule has 0 radical (unpaired) electrons. The molecule has 0 N–H and O–H groups in total. The fourth-order valence-corrected chi connectivity index (χ4v) is 3.23. The van der Waals surface area contributed by atoms with Crippen LogP contribution in [0.15, 0.2) is 11.1 Å². The highest BCUT2D eigenvalue weighted by Crippen LogP contribution is 2.32. The van der Waals surface area contributed by atoms with Crippen LogP contribution in [0.25, 0.3) is 0 Å². The second kappa shape index (κ2) is 10.9. The molecule has 162 valence electrons. The van der Waals surface area contributed by atoms with Gasteiger partial charge in [-0.2, -0.15) is 0 Å². The predicted octanol–water partition coefficient (Wildman–Crippen LogP) is 5.78. The Morgan fingerprint density at radius 2 is 1.43 bits per heavy atom. The second-order valence-corrected chi connectivity index (χ2v) is 9.47. The van der Waals surface area contributed by atoms with Gasteiger partial charge in [-0.1, -0.05) is 61.8 Å². The van der Waals surface area contributed by atoms with E-state index in [0.717, 1.165) is 12.8 Å². The summed E-state index contributed by atoms with van der Waals surface area (Å²) in [6.07, 6.45) is 1.24.